The summed E-state index contributed by atoms with van der Waals surface area (Å²) >= 11 is 4.93. The van der Waals surface area contributed by atoms with Crippen LogP contribution in [-0.2, 0) is 6.54 Å². The van der Waals surface area contributed by atoms with Gasteiger partial charge in [-0.2, -0.15) is 0 Å². The van der Waals surface area contributed by atoms with Crippen LogP contribution in [0.2, 0.25) is 0 Å². The molecule has 0 amide bonds. The zero-order chi connectivity index (χ0) is 13.8. The first-order valence-corrected chi connectivity index (χ1v) is 6.26. The van der Waals surface area contributed by atoms with Crippen LogP contribution in [0, 0.1) is 13.8 Å². The van der Waals surface area contributed by atoms with E-state index in [0.29, 0.717) is 18.2 Å². The normalized spacial score (nSPS) is 10.2. The zero-order valence-electron chi connectivity index (χ0n) is 10.8. The van der Waals surface area contributed by atoms with Crippen molar-refractivity contribution in [2.24, 2.45) is 5.73 Å². The van der Waals surface area contributed by atoms with Crippen molar-refractivity contribution in [1.82, 2.24) is 15.0 Å². The monoisotopic (exact) mass is 273 g/mol. The third-order valence-electron chi connectivity index (χ3n) is 2.68. The summed E-state index contributed by atoms with van der Waals surface area (Å²) in [6.45, 7) is 4.53. The Balaban J connectivity index is 2.16. The van der Waals surface area contributed by atoms with E-state index in [4.69, 9.17) is 18.0 Å². The number of aryl methyl sites for hydroxylation is 2. The van der Waals surface area contributed by atoms with E-state index in [1.807, 2.05) is 26.1 Å². The Morgan fingerprint density at radius 1 is 1.37 bits per heavy atom. The van der Waals surface area contributed by atoms with Gasteiger partial charge in [-0.25, -0.2) is 9.97 Å². The lowest BCUT2D eigenvalue weighted by Crippen LogP contribution is -2.15. The van der Waals surface area contributed by atoms with Crippen LogP contribution >= 0.6 is 12.2 Å². The molecule has 0 aliphatic rings. The number of pyridine rings is 1. The molecule has 2 aromatic heterocycles. The fourth-order valence-corrected chi connectivity index (χ4v) is 1.75. The van der Waals surface area contributed by atoms with Crippen LogP contribution in [-0.4, -0.2) is 19.9 Å². The molecule has 0 aromatic carbocycles. The molecule has 0 atom stereocenters. The number of thiocarbonyl (C=S) groups is 1. The van der Waals surface area contributed by atoms with E-state index in [-0.39, 0.29) is 4.99 Å². The van der Waals surface area contributed by atoms with Gasteiger partial charge in [0.15, 0.2) is 0 Å². The Bertz CT molecular complexity index is 612. The quantitative estimate of drug-likeness (QED) is 0.826. The number of aromatic nitrogens is 3. The molecule has 0 saturated carbocycles. The Labute approximate surface area is 117 Å². The van der Waals surface area contributed by atoms with Gasteiger partial charge in [0.2, 0.25) is 5.95 Å². The molecule has 0 unspecified atom stereocenters. The van der Waals surface area contributed by atoms with Crippen LogP contribution in [0.15, 0.2) is 24.5 Å². The van der Waals surface area contributed by atoms with Crippen molar-refractivity contribution in [3.05, 3.63) is 47.0 Å². The van der Waals surface area contributed by atoms with Crippen molar-refractivity contribution in [3.63, 3.8) is 0 Å². The highest BCUT2D eigenvalue weighted by Gasteiger charge is 2.05. The molecular weight excluding hydrogens is 258 g/mol. The first kappa shape index (κ1) is 13.4. The molecule has 0 aliphatic heterocycles. The third-order valence-corrected chi connectivity index (χ3v) is 2.89. The SMILES string of the molecule is Cc1cc(C(N)=S)nc(NCc2ccncc2C)n1. The topological polar surface area (TPSA) is 76.7 Å². The molecule has 0 bridgehead atoms. The van der Waals surface area contributed by atoms with Crippen molar-refractivity contribution >= 4 is 23.2 Å². The lowest BCUT2D eigenvalue weighted by molar-refractivity contribution is 1.01. The Kier molecular flexibility index (Phi) is 4.01. The highest BCUT2D eigenvalue weighted by Crippen LogP contribution is 2.09. The molecule has 3 N–H and O–H groups in total. The van der Waals surface area contributed by atoms with Gasteiger partial charge in [0.1, 0.15) is 10.7 Å². The maximum absolute atomic E-state index is 5.59. The highest BCUT2D eigenvalue weighted by molar-refractivity contribution is 7.80. The van der Waals surface area contributed by atoms with Gasteiger partial charge < -0.3 is 11.1 Å². The van der Waals surface area contributed by atoms with E-state index in [0.717, 1.165) is 16.8 Å². The van der Waals surface area contributed by atoms with Gasteiger partial charge in [-0.05, 0) is 37.1 Å². The molecule has 0 fully saturated rings. The molecule has 2 heterocycles. The van der Waals surface area contributed by atoms with Gasteiger partial charge in [0, 0.05) is 24.6 Å². The van der Waals surface area contributed by atoms with Gasteiger partial charge in [-0.15, -0.1) is 0 Å². The van der Waals surface area contributed by atoms with Crippen molar-refractivity contribution in [2.75, 3.05) is 5.32 Å². The van der Waals surface area contributed by atoms with Crippen molar-refractivity contribution in [2.45, 2.75) is 20.4 Å². The van der Waals surface area contributed by atoms with E-state index in [1.165, 1.54) is 0 Å². The predicted octanol–water partition coefficient (Wildman–Crippen LogP) is 1.73. The first-order chi connectivity index (χ1) is 9.06. The molecule has 0 spiro atoms. The average molecular weight is 273 g/mol. The van der Waals surface area contributed by atoms with Gasteiger partial charge >= 0.3 is 0 Å². The fraction of sp³-hybridized carbons (Fsp3) is 0.231. The lowest BCUT2D eigenvalue weighted by Gasteiger charge is -2.09. The number of nitrogens with one attached hydrogen (secondary N) is 1. The van der Waals surface area contributed by atoms with Gasteiger partial charge in [-0.3, -0.25) is 4.98 Å². The van der Waals surface area contributed by atoms with Crippen LogP contribution < -0.4 is 11.1 Å². The van der Waals surface area contributed by atoms with Crippen LogP contribution in [0.1, 0.15) is 22.5 Å². The van der Waals surface area contributed by atoms with Crippen molar-refractivity contribution in [3.8, 4) is 0 Å². The Morgan fingerprint density at radius 3 is 2.84 bits per heavy atom. The number of anilines is 1. The minimum absolute atomic E-state index is 0.272. The molecule has 2 aromatic rings. The van der Waals surface area contributed by atoms with Crippen LogP contribution in [0.4, 0.5) is 5.95 Å². The van der Waals surface area contributed by atoms with E-state index in [1.54, 1.807) is 12.3 Å². The fourth-order valence-electron chi connectivity index (χ4n) is 1.65. The van der Waals surface area contributed by atoms with E-state index >= 15 is 0 Å². The van der Waals surface area contributed by atoms with Crippen LogP contribution in [0.25, 0.3) is 0 Å². The van der Waals surface area contributed by atoms with Gasteiger partial charge in [0.25, 0.3) is 0 Å². The standard InChI is InChI=1S/C13H15N5S/c1-8-6-15-4-3-10(8)7-16-13-17-9(2)5-11(18-13)12(14)19/h3-6H,7H2,1-2H3,(H2,14,19)(H,16,17,18). The average Bonchev–Trinajstić information content (AvgIpc) is 2.37. The Hall–Kier alpha value is -2.08. The van der Waals surface area contributed by atoms with E-state index in [2.05, 4.69) is 20.3 Å². The molecular formula is C13H15N5S. The van der Waals surface area contributed by atoms with Crippen molar-refractivity contribution < 1.29 is 0 Å². The second kappa shape index (κ2) is 5.71. The summed E-state index contributed by atoms with van der Waals surface area (Å²) in [5, 5.41) is 3.17. The molecule has 5 nitrogen and oxygen atoms in total. The number of nitrogens with two attached hydrogens (primary N) is 1. The van der Waals surface area contributed by atoms with Gasteiger partial charge in [-0.1, -0.05) is 12.2 Å². The molecule has 98 valence electrons. The van der Waals surface area contributed by atoms with E-state index in [9.17, 15) is 0 Å². The second-order valence-electron chi connectivity index (χ2n) is 4.24. The molecule has 0 saturated heterocycles. The number of hydrogen-bond donors (Lipinski definition) is 2. The zero-order valence-corrected chi connectivity index (χ0v) is 11.7. The number of hydrogen-bond acceptors (Lipinski definition) is 5. The Morgan fingerprint density at radius 2 is 2.16 bits per heavy atom. The molecule has 6 heteroatoms. The lowest BCUT2D eigenvalue weighted by atomic mass is 10.1. The number of nitrogens with zero attached hydrogens (tertiary/aromatic N) is 3. The predicted molar refractivity (Wildman–Crippen MR) is 79.0 cm³/mol. The summed E-state index contributed by atoms with van der Waals surface area (Å²) in [7, 11) is 0. The summed E-state index contributed by atoms with van der Waals surface area (Å²) in [5.41, 5.74) is 9.27. The molecule has 2 rings (SSSR count). The van der Waals surface area contributed by atoms with Crippen LogP contribution in [0.5, 0.6) is 0 Å². The molecule has 0 radical (unpaired) electrons. The minimum atomic E-state index is 0.272. The summed E-state index contributed by atoms with van der Waals surface area (Å²) in [4.78, 5) is 12.9. The van der Waals surface area contributed by atoms with E-state index < -0.39 is 0 Å². The number of rotatable bonds is 4. The van der Waals surface area contributed by atoms with Crippen LogP contribution in [0.3, 0.4) is 0 Å². The molecule has 19 heavy (non-hydrogen) atoms. The smallest absolute Gasteiger partial charge is 0.223 e. The largest absolute Gasteiger partial charge is 0.388 e. The summed E-state index contributed by atoms with van der Waals surface area (Å²) in [6, 6.07) is 3.73. The summed E-state index contributed by atoms with van der Waals surface area (Å²) in [5.74, 6) is 0.527. The van der Waals surface area contributed by atoms with Crippen molar-refractivity contribution in [1.29, 1.82) is 0 Å². The maximum atomic E-state index is 5.59. The molecule has 0 aliphatic carbocycles. The highest BCUT2D eigenvalue weighted by atomic mass is 32.1. The minimum Gasteiger partial charge on any atom is -0.388 e. The second-order valence-corrected chi connectivity index (χ2v) is 4.68. The summed E-state index contributed by atoms with van der Waals surface area (Å²) < 4.78 is 0. The third kappa shape index (κ3) is 3.45. The maximum Gasteiger partial charge on any atom is 0.223 e. The van der Waals surface area contributed by atoms with Gasteiger partial charge in [0.05, 0.1) is 0 Å². The first-order valence-electron chi connectivity index (χ1n) is 5.85. The summed E-state index contributed by atoms with van der Waals surface area (Å²) in [6.07, 6.45) is 3.59.